The number of piperidine rings is 1. The van der Waals surface area contributed by atoms with Gasteiger partial charge in [-0.05, 0) is 55.4 Å². The molecule has 2 aliphatic heterocycles. The zero-order valence-electron chi connectivity index (χ0n) is 16.8. The number of nitrogens with one attached hydrogen (secondary N) is 1. The summed E-state index contributed by atoms with van der Waals surface area (Å²) in [7, 11) is 0. The fourth-order valence-corrected chi connectivity index (χ4v) is 5.20. The summed E-state index contributed by atoms with van der Waals surface area (Å²) in [6.45, 7) is 3.73. The van der Waals surface area contributed by atoms with Gasteiger partial charge in [0.05, 0.1) is 5.60 Å². The zero-order chi connectivity index (χ0) is 19.7. The fraction of sp³-hybridized carbons (Fsp3) is 0.500. The number of β-amino-alcohol motifs (C(OH)–C–C–N with tert-alkyl or cyclic N) is 1. The molecule has 1 aromatic carbocycles. The molecular formula is C24H30N2O3. The third-order valence-electron chi connectivity index (χ3n) is 6.76. The Hall–Kier alpha value is -2.08. The van der Waals surface area contributed by atoms with Gasteiger partial charge >= 0.3 is 0 Å². The van der Waals surface area contributed by atoms with Crippen LogP contribution in [0.15, 0.2) is 54.3 Å². The summed E-state index contributed by atoms with van der Waals surface area (Å²) in [6, 6.07) is 7.96. The Kier molecular flexibility index (Phi) is 5.20. The minimum atomic E-state index is -0.505. The molecule has 154 valence electrons. The Morgan fingerprint density at radius 3 is 3.07 bits per heavy atom. The number of likely N-dealkylation sites (tertiary alicyclic amines) is 1. The molecule has 5 nitrogen and oxygen atoms in total. The highest BCUT2D eigenvalue weighted by atomic mass is 16.5. The van der Waals surface area contributed by atoms with Crippen LogP contribution in [0.4, 0.5) is 0 Å². The number of allylic oxidation sites excluding steroid dienone is 3. The van der Waals surface area contributed by atoms with Gasteiger partial charge in [0.2, 0.25) is 0 Å². The topological polar surface area (TPSA) is 57.7 Å². The highest BCUT2D eigenvalue weighted by Crippen LogP contribution is 2.44. The number of aromatic amines is 1. The monoisotopic (exact) mass is 394 g/mol. The van der Waals surface area contributed by atoms with Crippen LogP contribution in [0.5, 0.6) is 5.75 Å². The molecule has 1 aromatic heterocycles. The lowest BCUT2D eigenvalue weighted by molar-refractivity contribution is -0.0907. The number of fused-ring (bicyclic) bond motifs is 3. The Morgan fingerprint density at radius 1 is 1.28 bits per heavy atom. The van der Waals surface area contributed by atoms with Gasteiger partial charge in [-0.1, -0.05) is 24.3 Å². The van der Waals surface area contributed by atoms with E-state index in [9.17, 15) is 5.11 Å². The Bertz CT molecular complexity index is 908. The number of aliphatic hydroxyl groups excluding tert-OH is 1. The summed E-state index contributed by atoms with van der Waals surface area (Å²) in [6.07, 6.45) is 12.5. The molecule has 3 heterocycles. The van der Waals surface area contributed by atoms with Gasteiger partial charge in [0.1, 0.15) is 18.5 Å². The van der Waals surface area contributed by atoms with Gasteiger partial charge in [-0.3, -0.25) is 0 Å². The minimum absolute atomic E-state index is 0.0739. The van der Waals surface area contributed by atoms with Crippen molar-refractivity contribution < 1.29 is 14.6 Å². The SMILES string of the molecule is O[C@H](COc1cccc2[nH]ccc12)CN1CCC2(CC1)OCCC1CC=CC=C12. The Balaban J connectivity index is 1.15. The maximum absolute atomic E-state index is 10.5. The molecular weight excluding hydrogens is 364 g/mol. The highest BCUT2D eigenvalue weighted by molar-refractivity contribution is 5.85. The van der Waals surface area contributed by atoms with Gasteiger partial charge in [0.15, 0.2) is 0 Å². The van der Waals surface area contributed by atoms with E-state index in [1.54, 1.807) is 0 Å². The first-order valence-corrected chi connectivity index (χ1v) is 10.8. The predicted molar refractivity (Wildman–Crippen MR) is 114 cm³/mol. The maximum atomic E-state index is 10.5. The molecule has 0 bridgehead atoms. The van der Waals surface area contributed by atoms with Gasteiger partial charge in [-0.15, -0.1) is 0 Å². The van der Waals surface area contributed by atoms with Gasteiger partial charge in [0.25, 0.3) is 0 Å². The lowest BCUT2D eigenvalue weighted by Crippen LogP contribution is -2.52. The molecule has 0 saturated carbocycles. The number of H-pyrrole nitrogens is 1. The Labute approximate surface area is 172 Å². The molecule has 1 aliphatic carbocycles. The zero-order valence-corrected chi connectivity index (χ0v) is 16.8. The van der Waals surface area contributed by atoms with Crippen molar-refractivity contribution in [3.8, 4) is 5.75 Å². The summed E-state index contributed by atoms with van der Waals surface area (Å²) < 4.78 is 12.3. The summed E-state index contributed by atoms with van der Waals surface area (Å²) in [4.78, 5) is 5.54. The molecule has 2 N–H and O–H groups in total. The second-order valence-corrected chi connectivity index (χ2v) is 8.57. The van der Waals surface area contributed by atoms with Gasteiger partial charge in [0, 0.05) is 43.3 Å². The van der Waals surface area contributed by atoms with Crippen molar-refractivity contribution in [2.45, 2.75) is 37.4 Å². The first kappa shape index (κ1) is 18.9. The van der Waals surface area contributed by atoms with Crippen molar-refractivity contribution in [1.82, 2.24) is 9.88 Å². The average Bonchev–Trinajstić information content (AvgIpc) is 3.24. The van der Waals surface area contributed by atoms with Crippen LogP contribution in [0.25, 0.3) is 10.9 Å². The standard InChI is InChI=1S/C24H30N2O3/c27-19(17-28-23-7-3-6-22-20(23)8-12-25-22)16-26-13-10-24(11-14-26)21-5-2-1-4-18(21)9-15-29-24/h1-3,5-8,12,18-19,25,27H,4,9-11,13-17H2/t18?,19-/m0/s1. The lowest BCUT2D eigenvalue weighted by Gasteiger charge is -2.49. The molecule has 1 unspecified atom stereocenters. The number of benzene rings is 1. The number of nitrogens with zero attached hydrogens (tertiary/aromatic N) is 1. The van der Waals surface area contributed by atoms with Crippen molar-refractivity contribution >= 4 is 10.9 Å². The molecule has 3 aliphatic rings. The molecule has 2 fully saturated rings. The van der Waals surface area contributed by atoms with Crippen molar-refractivity contribution in [2.75, 3.05) is 32.8 Å². The number of aromatic nitrogens is 1. The smallest absolute Gasteiger partial charge is 0.128 e. The number of hydrogen-bond donors (Lipinski definition) is 2. The lowest BCUT2D eigenvalue weighted by atomic mass is 9.72. The molecule has 1 spiro atoms. The number of ether oxygens (including phenoxy) is 2. The number of hydrogen-bond acceptors (Lipinski definition) is 4. The van der Waals surface area contributed by atoms with E-state index < -0.39 is 6.10 Å². The second kappa shape index (κ2) is 7.98. The molecule has 0 amide bonds. The van der Waals surface area contributed by atoms with Gasteiger partial charge in [-0.2, -0.15) is 0 Å². The molecule has 2 saturated heterocycles. The summed E-state index contributed by atoms with van der Waals surface area (Å²) in [5.41, 5.74) is 2.49. The van der Waals surface area contributed by atoms with Crippen LogP contribution in [0.3, 0.4) is 0 Å². The maximum Gasteiger partial charge on any atom is 0.128 e. The van der Waals surface area contributed by atoms with Crippen LogP contribution in [-0.2, 0) is 4.74 Å². The molecule has 0 radical (unpaired) electrons. The van der Waals surface area contributed by atoms with Crippen molar-refractivity contribution in [3.05, 3.63) is 54.3 Å². The van der Waals surface area contributed by atoms with Crippen molar-refractivity contribution in [3.63, 3.8) is 0 Å². The normalized spacial score (nSPS) is 25.0. The fourth-order valence-electron chi connectivity index (χ4n) is 5.20. The Morgan fingerprint density at radius 2 is 2.17 bits per heavy atom. The van der Waals surface area contributed by atoms with E-state index in [1.165, 1.54) is 5.57 Å². The molecule has 2 aromatic rings. The van der Waals surface area contributed by atoms with Gasteiger partial charge < -0.3 is 24.5 Å². The quantitative estimate of drug-likeness (QED) is 0.813. The minimum Gasteiger partial charge on any atom is -0.490 e. The summed E-state index contributed by atoms with van der Waals surface area (Å²) in [5, 5.41) is 11.6. The number of aliphatic hydroxyl groups is 1. The van der Waals surface area contributed by atoms with Crippen LogP contribution < -0.4 is 4.74 Å². The van der Waals surface area contributed by atoms with E-state index >= 15 is 0 Å². The third-order valence-corrected chi connectivity index (χ3v) is 6.76. The van der Waals surface area contributed by atoms with Crippen LogP contribution in [0.2, 0.25) is 0 Å². The summed E-state index contributed by atoms with van der Waals surface area (Å²) >= 11 is 0. The van der Waals surface area contributed by atoms with Crippen LogP contribution in [0, 0.1) is 5.92 Å². The highest BCUT2D eigenvalue weighted by Gasteiger charge is 2.44. The summed E-state index contributed by atoms with van der Waals surface area (Å²) in [5.74, 6) is 1.48. The van der Waals surface area contributed by atoms with Gasteiger partial charge in [-0.25, -0.2) is 0 Å². The third kappa shape index (κ3) is 3.75. The van der Waals surface area contributed by atoms with Crippen molar-refractivity contribution in [2.24, 2.45) is 5.92 Å². The second-order valence-electron chi connectivity index (χ2n) is 8.57. The largest absolute Gasteiger partial charge is 0.490 e. The van der Waals surface area contributed by atoms with E-state index in [0.717, 1.165) is 62.0 Å². The molecule has 29 heavy (non-hydrogen) atoms. The van der Waals surface area contributed by atoms with E-state index in [0.29, 0.717) is 19.1 Å². The molecule has 2 atom stereocenters. The predicted octanol–water partition coefficient (Wildman–Crippen LogP) is 3.67. The van der Waals surface area contributed by atoms with Crippen molar-refractivity contribution in [1.29, 1.82) is 0 Å². The molecule has 5 rings (SSSR count). The molecule has 5 heteroatoms. The van der Waals surface area contributed by atoms with E-state index in [1.807, 2.05) is 30.5 Å². The van der Waals surface area contributed by atoms with Crippen LogP contribution in [-0.4, -0.2) is 59.5 Å². The average molecular weight is 395 g/mol. The number of rotatable bonds is 5. The van der Waals surface area contributed by atoms with Crippen LogP contribution >= 0.6 is 0 Å². The first-order valence-electron chi connectivity index (χ1n) is 10.8. The first-order chi connectivity index (χ1) is 14.2. The van der Waals surface area contributed by atoms with E-state index in [-0.39, 0.29) is 5.60 Å². The van der Waals surface area contributed by atoms with E-state index in [4.69, 9.17) is 9.47 Å². The van der Waals surface area contributed by atoms with Crippen LogP contribution in [0.1, 0.15) is 25.7 Å². The van der Waals surface area contributed by atoms with E-state index in [2.05, 4.69) is 28.1 Å².